The summed E-state index contributed by atoms with van der Waals surface area (Å²) in [5, 5.41) is 4.44. The second-order valence-corrected chi connectivity index (χ2v) is 5.74. The number of nitrogens with one attached hydrogen (secondary N) is 1. The first kappa shape index (κ1) is 15.3. The largest absolute Gasteiger partial charge is 0.310 e. The summed E-state index contributed by atoms with van der Waals surface area (Å²) in [6, 6.07) is 8.70. The number of rotatable bonds is 5. The van der Waals surface area contributed by atoms with Gasteiger partial charge in [0.05, 0.1) is 9.92 Å². The molecule has 5 heteroatoms. The Morgan fingerprint density at radius 2 is 2.15 bits per heavy atom. The maximum Gasteiger partial charge on any atom is 0.137 e. The molecule has 1 atom stereocenters. The Morgan fingerprint density at radius 3 is 2.85 bits per heavy atom. The third kappa shape index (κ3) is 3.51. The van der Waals surface area contributed by atoms with Gasteiger partial charge < -0.3 is 5.32 Å². The molecular weight excluding hydrogens is 295 g/mol. The van der Waals surface area contributed by atoms with Crippen LogP contribution in [0.25, 0.3) is 0 Å². The van der Waals surface area contributed by atoms with E-state index in [4.69, 9.17) is 11.6 Å². The van der Waals surface area contributed by atoms with Crippen LogP contribution in [0.1, 0.15) is 25.5 Å². The maximum atomic E-state index is 14.1. The van der Waals surface area contributed by atoms with Crippen molar-refractivity contribution in [3.63, 3.8) is 0 Å². The fraction of sp³-hybridized carbons (Fsp3) is 0.267. The Bertz CT molecular complexity index is 592. The van der Waals surface area contributed by atoms with E-state index in [0.29, 0.717) is 14.9 Å². The summed E-state index contributed by atoms with van der Waals surface area (Å²) in [6.45, 7) is 4.87. The first-order valence-corrected chi connectivity index (χ1v) is 7.63. The minimum Gasteiger partial charge on any atom is -0.310 e. The summed E-state index contributed by atoms with van der Waals surface area (Å²) in [7, 11) is 0. The molecule has 0 aliphatic carbocycles. The monoisotopic (exact) mass is 310 g/mol. The van der Waals surface area contributed by atoms with Gasteiger partial charge >= 0.3 is 0 Å². The molecule has 0 aliphatic heterocycles. The van der Waals surface area contributed by atoms with Crippen LogP contribution in [0, 0.1) is 5.82 Å². The van der Waals surface area contributed by atoms with Crippen molar-refractivity contribution in [2.75, 3.05) is 6.54 Å². The van der Waals surface area contributed by atoms with Crippen LogP contribution in [0.3, 0.4) is 0 Å². The number of benzene rings is 1. The van der Waals surface area contributed by atoms with Crippen molar-refractivity contribution in [2.45, 2.75) is 29.8 Å². The van der Waals surface area contributed by atoms with Crippen LogP contribution in [-0.2, 0) is 0 Å². The van der Waals surface area contributed by atoms with Crippen LogP contribution in [0.15, 0.2) is 46.5 Å². The van der Waals surface area contributed by atoms with E-state index in [9.17, 15) is 4.39 Å². The topological polar surface area (TPSA) is 24.9 Å². The molecule has 20 heavy (non-hydrogen) atoms. The second kappa shape index (κ2) is 7.07. The average molecular weight is 311 g/mol. The third-order valence-corrected chi connectivity index (χ3v) is 4.47. The van der Waals surface area contributed by atoms with Crippen LogP contribution in [0.4, 0.5) is 4.39 Å². The lowest BCUT2D eigenvalue weighted by Crippen LogP contribution is -2.18. The van der Waals surface area contributed by atoms with Gasteiger partial charge in [-0.2, -0.15) is 0 Å². The van der Waals surface area contributed by atoms with Crippen LogP contribution in [0.2, 0.25) is 5.02 Å². The summed E-state index contributed by atoms with van der Waals surface area (Å²) in [6.07, 6.45) is 1.66. The highest BCUT2D eigenvalue weighted by Gasteiger charge is 2.16. The van der Waals surface area contributed by atoms with Crippen molar-refractivity contribution in [1.82, 2.24) is 10.3 Å². The van der Waals surface area contributed by atoms with E-state index in [1.54, 1.807) is 24.4 Å². The predicted octanol–water partition coefficient (Wildman–Crippen LogP) is 4.70. The van der Waals surface area contributed by atoms with Gasteiger partial charge in [-0.3, -0.25) is 0 Å². The Balaban J connectivity index is 2.38. The van der Waals surface area contributed by atoms with Gasteiger partial charge in [-0.15, -0.1) is 0 Å². The lowest BCUT2D eigenvalue weighted by Gasteiger charge is -2.17. The first-order valence-electron chi connectivity index (χ1n) is 6.43. The molecule has 2 rings (SSSR count). The number of hydrogen-bond donors (Lipinski definition) is 1. The van der Waals surface area contributed by atoms with E-state index in [-0.39, 0.29) is 11.9 Å². The van der Waals surface area contributed by atoms with Gasteiger partial charge in [0.2, 0.25) is 0 Å². The highest BCUT2D eigenvalue weighted by molar-refractivity contribution is 7.99. The number of pyridine rings is 1. The Hall–Kier alpha value is -1.10. The highest BCUT2D eigenvalue weighted by Crippen LogP contribution is 2.37. The van der Waals surface area contributed by atoms with E-state index < -0.39 is 0 Å². The minimum absolute atomic E-state index is 0.0701. The van der Waals surface area contributed by atoms with Crippen molar-refractivity contribution >= 4 is 23.4 Å². The summed E-state index contributed by atoms with van der Waals surface area (Å²) in [5.74, 6) is -0.251. The summed E-state index contributed by atoms with van der Waals surface area (Å²) >= 11 is 7.36. The Kier molecular flexibility index (Phi) is 5.40. The molecule has 0 saturated carbocycles. The minimum atomic E-state index is -0.251. The molecular formula is C15H16ClFN2S. The van der Waals surface area contributed by atoms with Crippen molar-refractivity contribution in [3.05, 3.63) is 52.9 Å². The molecule has 106 valence electrons. The molecule has 1 N–H and O–H groups in total. The quantitative estimate of drug-likeness (QED) is 0.866. The standard InChI is InChI=1S/C15H16ClFN2S/c1-3-18-10(2)11-6-4-8-13(17)14(11)20-15-12(16)7-5-9-19-15/h4-10,18H,3H2,1-2H3. The fourth-order valence-corrected chi connectivity index (χ4v) is 3.17. The van der Waals surface area contributed by atoms with Crippen molar-refractivity contribution in [3.8, 4) is 0 Å². The zero-order valence-corrected chi connectivity index (χ0v) is 12.9. The van der Waals surface area contributed by atoms with Gasteiger partial charge in [-0.05, 0) is 37.2 Å². The van der Waals surface area contributed by atoms with Gasteiger partial charge in [0.1, 0.15) is 10.8 Å². The molecule has 1 aromatic carbocycles. The van der Waals surface area contributed by atoms with Crippen LogP contribution < -0.4 is 5.32 Å². The number of hydrogen-bond acceptors (Lipinski definition) is 3. The van der Waals surface area contributed by atoms with Crippen LogP contribution in [-0.4, -0.2) is 11.5 Å². The normalized spacial score (nSPS) is 12.4. The number of halogens is 2. The molecule has 0 spiro atoms. The first-order chi connectivity index (χ1) is 9.63. The molecule has 0 aliphatic rings. The van der Waals surface area contributed by atoms with Crippen molar-refractivity contribution in [2.24, 2.45) is 0 Å². The summed E-state index contributed by atoms with van der Waals surface area (Å²) in [4.78, 5) is 4.78. The van der Waals surface area contributed by atoms with E-state index in [0.717, 1.165) is 12.1 Å². The van der Waals surface area contributed by atoms with E-state index in [2.05, 4.69) is 10.3 Å². The molecule has 0 radical (unpaired) electrons. The smallest absolute Gasteiger partial charge is 0.137 e. The number of aromatic nitrogens is 1. The van der Waals surface area contributed by atoms with E-state index in [1.807, 2.05) is 19.9 Å². The number of nitrogens with zero attached hydrogens (tertiary/aromatic N) is 1. The molecule has 0 saturated heterocycles. The zero-order chi connectivity index (χ0) is 14.5. The van der Waals surface area contributed by atoms with E-state index in [1.165, 1.54) is 17.8 Å². The molecule has 1 unspecified atom stereocenters. The fourth-order valence-electron chi connectivity index (χ4n) is 1.93. The maximum absolute atomic E-state index is 14.1. The SMILES string of the molecule is CCNC(C)c1cccc(F)c1Sc1ncccc1Cl. The average Bonchev–Trinajstić information content (AvgIpc) is 2.43. The van der Waals surface area contributed by atoms with Gasteiger partial charge in [0.25, 0.3) is 0 Å². The Labute approximate surface area is 127 Å². The van der Waals surface area contributed by atoms with Crippen LogP contribution in [0.5, 0.6) is 0 Å². The molecule has 0 bridgehead atoms. The van der Waals surface area contributed by atoms with Gasteiger partial charge in [0, 0.05) is 12.2 Å². The predicted molar refractivity (Wildman–Crippen MR) is 81.9 cm³/mol. The van der Waals surface area contributed by atoms with Gasteiger partial charge in [-0.1, -0.05) is 42.4 Å². The van der Waals surface area contributed by atoms with E-state index >= 15 is 0 Å². The molecule has 2 nitrogen and oxygen atoms in total. The Morgan fingerprint density at radius 1 is 1.35 bits per heavy atom. The molecule has 0 amide bonds. The van der Waals surface area contributed by atoms with Gasteiger partial charge in [0.15, 0.2) is 0 Å². The van der Waals surface area contributed by atoms with Gasteiger partial charge in [-0.25, -0.2) is 9.37 Å². The summed E-state index contributed by atoms with van der Waals surface area (Å²) < 4.78 is 14.1. The zero-order valence-electron chi connectivity index (χ0n) is 11.4. The van der Waals surface area contributed by atoms with Crippen molar-refractivity contribution in [1.29, 1.82) is 0 Å². The van der Waals surface area contributed by atoms with Crippen LogP contribution >= 0.6 is 23.4 Å². The third-order valence-electron chi connectivity index (χ3n) is 2.90. The second-order valence-electron chi connectivity index (χ2n) is 4.33. The lowest BCUT2D eigenvalue weighted by molar-refractivity contribution is 0.558. The van der Waals surface area contributed by atoms with Crippen molar-refractivity contribution < 1.29 is 4.39 Å². The molecule has 2 aromatic rings. The lowest BCUT2D eigenvalue weighted by atomic mass is 10.1. The molecule has 1 aromatic heterocycles. The highest BCUT2D eigenvalue weighted by atomic mass is 35.5. The summed E-state index contributed by atoms with van der Waals surface area (Å²) in [5.41, 5.74) is 0.915. The molecule has 0 fully saturated rings. The molecule has 1 heterocycles.